The lowest BCUT2D eigenvalue weighted by atomic mass is 9.93. The van der Waals surface area contributed by atoms with Crippen LogP contribution in [0.5, 0.6) is 0 Å². The summed E-state index contributed by atoms with van der Waals surface area (Å²) in [5, 5.41) is 4.67. The summed E-state index contributed by atoms with van der Waals surface area (Å²) >= 11 is 1.85. The lowest BCUT2D eigenvalue weighted by Crippen LogP contribution is -2.00. The van der Waals surface area contributed by atoms with Crippen molar-refractivity contribution in [2.45, 2.75) is 0 Å². The van der Waals surface area contributed by atoms with E-state index >= 15 is 0 Å². The van der Waals surface area contributed by atoms with Gasteiger partial charge in [-0.25, -0.2) is 15.0 Å². The lowest BCUT2D eigenvalue weighted by molar-refractivity contribution is 0.669. The van der Waals surface area contributed by atoms with E-state index in [0.29, 0.717) is 17.5 Å². The molecule has 0 saturated heterocycles. The van der Waals surface area contributed by atoms with Gasteiger partial charge in [-0.05, 0) is 64.2 Å². The average Bonchev–Trinajstić information content (AvgIpc) is 3.85. The summed E-state index contributed by atoms with van der Waals surface area (Å²) in [7, 11) is 0. The van der Waals surface area contributed by atoms with Gasteiger partial charge in [-0.2, -0.15) is 0 Å². The van der Waals surface area contributed by atoms with Crippen LogP contribution in [0.15, 0.2) is 192 Å². The number of aromatic nitrogens is 3. The normalized spacial score (nSPS) is 11.6. The van der Waals surface area contributed by atoms with Crippen molar-refractivity contribution < 1.29 is 4.42 Å². The summed E-state index contributed by atoms with van der Waals surface area (Å²) in [4.78, 5) is 14.8. The van der Waals surface area contributed by atoms with Gasteiger partial charge in [0.2, 0.25) is 0 Å². The molecule has 4 nitrogen and oxygen atoms in total. The zero-order valence-electron chi connectivity index (χ0n) is 30.1. The molecule has 11 rings (SSSR count). The minimum absolute atomic E-state index is 0.596. The number of fused-ring (bicyclic) bond motifs is 6. The molecule has 5 heteroatoms. The SMILES string of the molecule is c1ccc(-c2ccc(-c3cc(-c4cccc5oc6cc(-c7nc(-c8ccccc8)nc(-c8ccccc8)n7)ccc6c45)c4sc5ccccc5c4c3)cc2)cc1. The van der Waals surface area contributed by atoms with Crippen LogP contribution in [0.1, 0.15) is 0 Å². The van der Waals surface area contributed by atoms with Crippen LogP contribution in [0, 0.1) is 0 Å². The predicted molar refractivity (Wildman–Crippen MR) is 233 cm³/mol. The smallest absolute Gasteiger partial charge is 0.164 e. The molecule has 8 aromatic carbocycles. The third kappa shape index (κ3) is 5.56. The van der Waals surface area contributed by atoms with E-state index in [9.17, 15) is 0 Å². The fourth-order valence-electron chi connectivity index (χ4n) is 7.81. The van der Waals surface area contributed by atoms with Crippen LogP contribution in [-0.2, 0) is 0 Å². The number of hydrogen-bond acceptors (Lipinski definition) is 5. The number of benzene rings is 8. The molecule has 0 unspecified atom stereocenters. The van der Waals surface area contributed by atoms with Gasteiger partial charge in [0, 0.05) is 53.2 Å². The highest BCUT2D eigenvalue weighted by atomic mass is 32.1. The monoisotopic (exact) mass is 733 g/mol. The molecular weight excluding hydrogens is 703 g/mol. The van der Waals surface area contributed by atoms with E-state index < -0.39 is 0 Å². The standard InChI is InChI=1S/C51H31N3OS/c1-4-13-32(14-5-1)33-23-25-34(26-24-33)38-29-42-39-19-10-11-22-46(39)56-48(42)43(30-38)40-20-12-21-44-47(40)41-28-27-37(31-45(41)55-44)51-53-49(35-15-6-2-7-16-35)52-50(54-51)36-17-8-3-9-18-36/h1-31H. The summed E-state index contributed by atoms with van der Waals surface area (Å²) in [6.45, 7) is 0. The summed E-state index contributed by atoms with van der Waals surface area (Å²) in [5.41, 5.74) is 11.5. The summed E-state index contributed by atoms with van der Waals surface area (Å²) < 4.78 is 9.22. The molecule has 0 fully saturated rings. The van der Waals surface area contributed by atoms with Gasteiger partial charge >= 0.3 is 0 Å². The minimum Gasteiger partial charge on any atom is -0.456 e. The van der Waals surface area contributed by atoms with Gasteiger partial charge in [-0.1, -0.05) is 152 Å². The van der Waals surface area contributed by atoms with Gasteiger partial charge in [0.1, 0.15) is 11.2 Å². The zero-order chi connectivity index (χ0) is 37.0. The Hall–Kier alpha value is -7.21. The second kappa shape index (κ2) is 13.3. The predicted octanol–water partition coefficient (Wildman–Crippen LogP) is 14.1. The van der Waals surface area contributed by atoms with Crippen LogP contribution in [-0.4, -0.2) is 15.0 Å². The van der Waals surface area contributed by atoms with Gasteiger partial charge in [0.05, 0.1) is 0 Å². The van der Waals surface area contributed by atoms with Crippen molar-refractivity contribution in [2.24, 2.45) is 0 Å². The molecule has 56 heavy (non-hydrogen) atoms. The van der Waals surface area contributed by atoms with Crippen molar-refractivity contribution in [1.82, 2.24) is 15.0 Å². The molecular formula is C51H31N3OS. The third-order valence-electron chi connectivity index (χ3n) is 10.5. The van der Waals surface area contributed by atoms with Gasteiger partial charge in [-0.3, -0.25) is 0 Å². The van der Waals surface area contributed by atoms with Gasteiger partial charge in [0.25, 0.3) is 0 Å². The molecule has 0 spiro atoms. The molecule has 0 amide bonds. The van der Waals surface area contributed by atoms with Crippen LogP contribution in [0.4, 0.5) is 0 Å². The highest BCUT2D eigenvalue weighted by molar-refractivity contribution is 7.26. The summed E-state index contributed by atoms with van der Waals surface area (Å²) in [5.74, 6) is 1.85. The number of thiophene rings is 1. The second-order valence-corrected chi connectivity index (χ2v) is 15.0. The first kappa shape index (κ1) is 32.2. The lowest BCUT2D eigenvalue weighted by Gasteiger charge is -2.11. The number of furan rings is 1. The molecule has 3 aromatic heterocycles. The molecule has 0 aliphatic carbocycles. The first-order chi connectivity index (χ1) is 27.7. The number of rotatable bonds is 6. The van der Waals surface area contributed by atoms with E-state index in [2.05, 4.69) is 127 Å². The highest BCUT2D eigenvalue weighted by Gasteiger charge is 2.20. The van der Waals surface area contributed by atoms with Crippen LogP contribution >= 0.6 is 11.3 Å². The Morgan fingerprint density at radius 3 is 1.57 bits per heavy atom. The Balaban J connectivity index is 1.08. The van der Waals surface area contributed by atoms with Crippen LogP contribution in [0.25, 0.3) is 110 Å². The topological polar surface area (TPSA) is 51.8 Å². The van der Waals surface area contributed by atoms with E-state index in [1.54, 1.807) is 0 Å². The first-order valence-electron chi connectivity index (χ1n) is 18.7. The minimum atomic E-state index is 0.596. The maximum atomic E-state index is 6.68. The Labute approximate surface area is 327 Å². The largest absolute Gasteiger partial charge is 0.456 e. The zero-order valence-corrected chi connectivity index (χ0v) is 30.9. The fourth-order valence-corrected chi connectivity index (χ4v) is 9.02. The molecule has 0 aliphatic heterocycles. The molecule has 0 bridgehead atoms. The number of nitrogens with zero attached hydrogens (tertiary/aromatic N) is 3. The van der Waals surface area contributed by atoms with Crippen molar-refractivity contribution in [2.75, 3.05) is 0 Å². The van der Waals surface area contributed by atoms with Crippen LogP contribution < -0.4 is 0 Å². The Kier molecular flexibility index (Phi) is 7.64. The third-order valence-corrected chi connectivity index (χ3v) is 11.8. The van der Waals surface area contributed by atoms with Gasteiger partial charge < -0.3 is 4.42 Å². The molecule has 0 atom stereocenters. The van der Waals surface area contributed by atoms with E-state index in [1.807, 2.05) is 72.0 Å². The van der Waals surface area contributed by atoms with Crippen LogP contribution in [0.3, 0.4) is 0 Å². The Bertz CT molecular complexity index is 3170. The fraction of sp³-hybridized carbons (Fsp3) is 0. The Morgan fingerprint density at radius 2 is 0.893 bits per heavy atom. The van der Waals surface area contributed by atoms with E-state index in [1.165, 1.54) is 48.0 Å². The first-order valence-corrected chi connectivity index (χ1v) is 19.5. The van der Waals surface area contributed by atoms with Crippen molar-refractivity contribution in [3.63, 3.8) is 0 Å². The maximum Gasteiger partial charge on any atom is 0.164 e. The van der Waals surface area contributed by atoms with Gasteiger partial charge in [-0.15, -0.1) is 11.3 Å². The molecule has 0 N–H and O–H groups in total. The van der Waals surface area contributed by atoms with Gasteiger partial charge in [0.15, 0.2) is 17.5 Å². The van der Waals surface area contributed by atoms with Crippen LogP contribution in [0.2, 0.25) is 0 Å². The van der Waals surface area contributed by atoms with E-state index in [4.69, 9.17) is 19.4 Å². The molecule has 3 heterocycles. The quantitative estimate of drug-likeness (QED) is 0.171. The van der Waals surface area contributed by atoms with Crippen molar-refractivity contribution >= 4 is 53.4 Å². The molecule has 11 aromatic rings. The van der Waals surface area contributed by atoms with E-state index in [-0.39, 0.29) is 0 Å². The summed E-state index contributed by atoms with van der Waals surface area (Å²) in [6, 6.07) is 65.8. The maximum absolute atomic E-state index is 6.68. The summed E-state index contributed by atoms with van der Waals surface area (Å²) in [6.07, 6.45) is 0. The average molecular weight is 734 g/mol. The highest BCUT2D eigenvalue weighted by Crippen LogP contribution is 2.46. The van der Waals surface area contributed by atoms with Crippen molar-refractivity contribution in [1.29, 1.82) is 0 Å². The molecule has 0 saturated carbocycles. The molecule has 262 valence electrons. The van der Waals surface area contributed by atoms with Crippen molar-refractivity contribution in [3.05, 3.63) is 188 Å². The second-order valence-electron chi connectivity index (χ2n) is 14.0. The molecule has 0 aliphatic rings. The van der Waals surface area contributed by atoms with E-state index in [0.717, 1.165) is 44.2 Å². The van der Waals surface area contributed by atoms with Crippen molar-refractivity contribution in [3.8, 4) is 67.5 Å². The number of hydrogen-bond donors (Lipinski definition) is 0. The Morgan fingerprint density at radius 1 is 0.339 bits per heavy atom. The molecule has 0 radical (unpaired) electrons.